The molecule has 0 atom stereocenters. The second kappa shape index (κ2) is 16.4. The molecule has 2 aromatic carbocycles. The number of hydrogen-bond donors (Lipinski definition) is 2. The lowest BCUT2D eigenvalue weighted by Gasteiger charge is -2.04. The van der Waals surface area contributed by atoms with Crippen LogP contribution in [0.2, 0.25) is 0 Å². The van der Waals surface area contributed by atoms with Crippen LogP contribution in [0.1, 0.15) is 25.0 Å². The van der Waals surface area contributed by atoms with Gasteiger partial charge >= 0.3 is 0 Å². The fourth-order valence-corrected chi connectivity index (χ4v) is 3.09. The van der Waals surface area contributed by atoms with Crippen molar-refractivity contribution >= 4 is 74.0 Å². The minimum Gasteiger partial charge on any atom is -0.326 e. The normalized spacial score (nSPS) is 10.6. The topological polar surface area (TPSA) is 106 Å². The predicted octanol–water partition coefficient (Wildman–Crippen LogP) is 4.79. The Morgan fingerprint density at radius 2 is 1.33 bits per heavy atom. The molecule has 3 N–H and O–H groups in total. The van der Waals surface area contributed by atoms with Gasteiger partial charge in [-0.1, -0.05) is 63.0 Å². The molecule has 0 saturated carbocycles. The third kappa shape index (κ3) is 17.5. The molecule has 0 radical (unpaired) electrons. The standard InChI is InChI=1S/C9H12BrNO2S.C7H8BrN.C2H5ClO2S.ClH/c1-2-14(12,13)11-7-8-4-3-5-9(10)6-8;8-7-3-1-2-6(4-7)5-9;1-2-6(3,4)5;/h3-6,11H,2,7H2,1H3;1-4H,5,9H2;2H2,1H3;1H. The summed E-state index contributed by atoms with van der Waals surface area (Å²) < 4.78 is 46.3. The van der Waals surface area contributed by atoms with Crippen LogP contribution in [-0.4, -0.2) is 28.3 Å². The van der Waals surface area contributed by atoms with Gasteiger partial charge in [-0.15, -0.1) is 12.4 Å². The van der Waals surface area contributed by atoms with Crippen LogP contribution in [0.25, 0.3) is 0 Å². The van der Waals surface area contributed by atoms with Crippen LogP contribution in [0.4, 0.5) is 0 Å². The van der Waals surface area contributed by atoms with Crippen molar-refractivity contribution in [3.63, 3.8) is 0 Å². The molecule has 0 spiro atoms. The molecular weight excluding hydrogens is 603 g/mol. The number of halogens is 4. The van der Waals surface area contributed by atoms with E-state index in [9.17, 15) is 16.8 Å². The van der Waals surface area contributed by atoms with Crippen LogP contribution in [0.5, 0.6) is 0 Å². The first kappa shape index (κ1) is 32.0. The molecule has 0 fully saturated rings. The van der Waals surface area contributed by atoms with Crippen molar-refractivity contribution in [2.75, 3.05) is 11.5 Å². The van der Waals surface area contributed by atoms with E-state index in [1.54, 1.807) is 6.92 Å². The van der Waals surface area contributed by atoms with E-state index >= 15 is 0 Å². The van der Waals surface area contributed by atoms with Crippen LogP contribution in [0.3, 0.4) is 0 Å². The first-order chi connectivity index (χ1) is 13.4. The van der Waals surface area contributed by atoms with E-state index in [4.69, 9.17) is 5.73 Å². The predicted molar refractivity (Wildman–Crippen MR) is 135 cm³/mol. The lowest BCUT2D eigenvalue weighted by atomic mass is 10.2. The SMILES string of the molecule is CCS(=O)(=O)Cl.CCS(=O)(=O)NCc1cccc(Br)c1.Cl.NCc1cccc(Br)c1. The average molecular weight is 629 g/mol. The van der Waals surface area contributed by atoms with Gasteiger partial charge in [0.2, 0.25) is 19.1 Å². The van der Waals surface area contributed by atoms with Gasteiger partial charge in [0.05, 0.1) is 11.5 Å². The first-order valence-corrected chi connectivity index (χ1v) is 14.2. The first-order valence-electron chi connectivity index (χ1n) is 8.51. The Hall–Kier alpha value is -0.200. The van der Waals surface area contributed by atoms with Crippen molar-refractivity contribution in [1.82, 2.24) is 4.72 Å². The smallest absolute Gasteiger partial charge is 0.232 e. The Balaban J connectivity index is 0. The molecule has 0 aromatic heterocycles. The van der Waals surface area contributed by atoms with Crippen molar-refractivity contribution in [2.24, 2.45) is 5.73 Å². The number of nitrogens with two attached hydrogens (primary N) is 1. The maximum absolute atomic E-state index is 11.1. The van der Waals surface area contributed by atoms with Crippen LogP contribution in [0, 0.1) is 0 Å². The second-order valence-corrected chi connectivity index (χ2v) is 12.5. The zero-order valence-corrected chi connectivity index (χ0v) is 22.9. The van der Waals surface area contributed by atoms with Crippen LogP contribution >= 0.6 is 54.9 Å². The lowest BCUT2D eigenvalue weighted by Crippen LogP contribution is -2.24. The molecule has 0 saturated heterocycles. The van der Waals surface area contributed by atoms with Gasteiger partial charge in [0, 0.05) is 32.7 Å². The highest BCUT2D eigenvalue weighted by molar-refractivity contribution is 9.10. The Morgan fingerprint density at radius 3 is 1.67 bits per heavy atom. The highest BCUT2D eigenvalue weighted by Gasteiger charge is 2.05. The summed E-state index contributed by atoms with van der Waals surface area (Å²) in [6.07, 6.45) is 0. The van der Waals surface area contributed by atoms with Gasteiger partial charge in [0.1, 0.15) is 0 Å². The molecule has 30 heavy (non-hydrogen) atoms. The Morgan fingerprint density at radius 1 is 0.900 bits per heavy atom. The number of sulfonamides is 1. The minimum absolute atomic E-state index is 0. The van der Waals surface area contributed by atoms with Gasteiger partial charge in [-0.05, 0) is 42.3 Å². The average Bonchev–Trinajstić information content (AvgIpc) is 2.67. The van der Waals surface area contributed by atoms with Crippen molar-refractivity contribution < 1.29 is 16.8 Å². The van der Waals surface area contributed by atoms with E-state index in [0.717, 1.165) is 20.1 Å². The zero-order chi connectivity index (χ0) is 22.5. The van der Waals surface area contributed by atoms with Crippen LogP contribution in [0.15, 0.2) is 57.5 Å². The molecule has 172 valence electrons. The van der Waals surface area contributed by atoms with Gasteiger partial charge in [-0.3, -0.25) is 0 Å². The molecule has 12 heteroatoms. The molecule has 2 aromatic rings. The quantitative estimate of drug-likeness (QED) is 0.448. The van der Waals surface area contributed by atoms with Crippen molar-refractivity contribution in [2.45, 2.75) is 26.9 Å². The van der Waals surface area contributed by atoms with Gasteiger partial charge < -0.3 is 5.73 Å². The Labute approximate surface area is 207 Å². The summed E-state index contributed by atoms with van der Waals surface area (Å²) in [5.41, 5.74) is 7.50. The molecule has 6 nitrogen and oxygen atoms in total. The van der Waals surface area contributed by atoms with E-state index in [0.29, 0.717) is 13.1 Å². The lowest BCUT2D eigenvalue weighted by molar-refractivity contribution is 0.582. The molecule has 0 unspecified atom stereocenters. The molecule has 0 amide bonds. The van der Waals surface area contributed by atoms with Gasteiger partial charge in [-0.2, -0.15) is 0 Å². The Bertz CT molecular complexity index is 960. The summed E-state index contributed by atoms with van der Waals surface area (Å²) in [5, 5.41) is 0. The monoisotopic (exact) mass is 626 g/mol. The highest BCUT2D eigenvalue weighted by Crippen LogP contribution is 2.11. The molecule has 2 rings (SSSR count). The third-order valence-corrected chi connectivity index (χ3v) is 6.91. The summed E-state index contributed by atoms with van der Waals surface area (Å²) in [6.45, 7) is 4.06. The molecular formula is C18H26Br2Cl2N2O4S2. The molecule has 0 aliphatic heterocycles. The number of rotatable bonds is 6. The molecule has 0 heterocycles. The van der Waals surface area contributed by atoms with Gasteiger partial charge in [0.15, 0.2) is 0 Å². The highest BCUT2D eigenvalue weighted by atomic mass is 79.9. The van der Waals surface area contributed by atoms with E-state index < -0.39 is 19.1 Å². The van der Waals surface area contributed by atoms with E-state index in [1.807, 2.05) is 48.5 Å². The maximum atomic E-state index is 11.1. The molecule has 0 bridgehead atoms. The fourth-order valence-electron chi connectivity index (χ4n) is 1.61. The van der Waals surface area contributed by atoms with Gasteiger partial charge in [0.25, 0.3) is 0 Å². The zero-order valence-electron chi connectivity index (χ0n) is 16.5. The summed E-state index contributed by atoms with van der Waals surface area (Å²) >= 11 is 6.67. The van der Waals surface area contributed by atoms with Crippen molar-refractivity contribution in [3.05, 3.63) is 68.6 Å². The number of nitrogens with one attached hydrogen (secondary N) is 1. The summed E-state index contributed by atoms with van der Waals surface area (Å²) in [5.74, 6) is 0.121. The summed E-state index contributed by atoms with van der Waals surface area (Å²) in [4.78, 5) is 0. The summed E-state index contributed by atoms with van der Waals surface area (Å²) in [7, 11) is -1.60. The fraction of sp³-hybridized carbons (Fsp3) is 0.333. The minimum atomic E-state index is -3.19. The van der Waals surface area contributed by atoms with Crippen molar-refractivity contribution in [3.8, 4) is 0 Å². The number of benzene rings is 2. The van der Waals surface area contributed by atoms with Crippen LogP contribution < -0.4 is 10.5 Å². The largest absolute Gasteiger partial charge is 0.326 e. The van der Waals surface area contributed by atoms with Gasteiger partial charge in [-0.25, -0.2) is 21.6 Å². The summed E-state index contributed by atoms with van der Waals surface area (Å²) in [6, 6.07) is 15.5. The van der Waals surface area contributed by atoms with E-state index in [2.05, 4.69) is 47.3 Å². The number of hydrogen-bond acceptors (Lipinski definition) is 5. The maximum Gasteiger partial charge on any atom is 0.232 e. The third-order valence-electron chi connectivity index (χ3n) is 3.23. The van der Waals surface area contributed by atoms with Crippen LogP contribution in [-0.2, 0) is 32.2 Å². The van der Waals surface area contributed by atoms with E-state index in [1.165, 1.54) is 6.92 Å². The van der Waals surface area contributed by atoms with E-state index in [-0.39, 0.29) is 23.9 Å². The van der Waals surface area contributed by atoms with Crippen molar-refractivity contribution in [1.29, 1.82) is 0 Å². The Kier molecular flexibility index (Phi) is 17.5. The molecule has 0 aliphatic carbocycles. The second-order valence-electron chi connectivity index (χ2n) is 5.52. The molecule has 0 aliphatic rings.